The van der Waals surface area contributed by atoms with Crippen LogP contribution in [0.15, 0.2) is 30.3 Å². The highest BCUT2D eigenvalue weighted by Gasteiger charge is 2.19. The number of hydrogen-bond acceptors (Lipinski definition) is 3. The highest BCUT2D eigenvalue weighted by molar-refractivity contribution is 5.87. The summed E-state index contributed by atoms with van der Waals surface area (Å²) in [5.41, 5.74) is 6.89. The Morgan fingerprint density at radius 1 is 1.14 bits per heavy atom. The molecule has 3 N–H and O–H groups in total. The number of rotatable bonds is 5. The maximum atomic E-state index is 12.0. The number of nitrogens with one attached hydrogen (secondary N) is 1. The molecule has 0 spiro atoms. The number of piperidine rings is 1. The van der Waals surface area contributed by atoms with Crippen LogP contribution in [0, 0.1) is 0 Å². The summed E-state index contributed by atoms with van der Waals surface area (Å²) in [6.07, 6.45) is 3.75. The predicted molar refractivity (Wildman–Crippen MR) is 88.8 cm³/mol. The first kappa shape index (κ1) is 18.5. The van der Waals surface area contributed by atoms with Gasteiger partial charge in [0.05, 0.1) is 12.6 Å². The monoisotopic (exact) mass is 325 g/mol. The Morgan fingerprint density at radius 3 is 2.41 bits per heavy atom. The van der Waals surface area contributed by atoms with Crippen LogP contribution in [0.4, 0.5) is 0 Å². The fraction of sp³-hybridized carbons (Fsp3) is 0.500. The molecule has 1 aliphatic rings. The molecule has 0 aromatic heterocycles. The second-order valence-corrected chi connectivity index (χ2v) is 5.46. The number of likely N-dealkylation sites (tertiary alicyclic amines) is 1. The third-order valence-corrected chi connectivity index (χ3v) is 3.76. The zero-order chi connectivity index (χ0) is 15.1. The Morgan fingerprint density at radius 2 is 1.77 bits per heavy atom. The zero-order valence-electron chi connectivity index (χ0n) is 12.7. The Kier molecular flexibility index (Phi) is 7.91. The van der Waals surface area contributed by atoms with Gasteiger partial charge in [0.25, 0.3) is 0 Å². The first-order valence-electron chi connectivity index (χ1n) is 7.52. The van der Waals surface area contributed by atoms with Gasteiger partial charge in [0, 0.05) is 13.1 Å². The molecule has 0 bridgehead atoms. The molecule has 1 aliphatic heterocycles. The Hall–Kier alpha value is -1.59. The van der Waals surface area contributed by atoms with Crippen molar-refractivity contribution in [3.63, 3.8) is 0 Å². The molecule has 5 nitrogen and oxygen atoms in total. The lowest BCUT2D eigenvalue weighted by Crippen LogP contribution is -2.47. The van der Waals surface area contributed by atoms with Crippen molar-refractivity contribution in [1.29, 1.82) is 0 Å². The lowest BCUT2D eigenvalue weighted by molar-refractivity contribution is -0.133. The molecule has 1 fully saturated rings. The summed E-state index contributed by atoms with van der Waals surface area (Å²) in [5, 5.41) is 2.64. The fourth-order valence-corrected chi connectivity index (χ4v) is 2.51. The summed E-state index contributed by atoms with van der Waals surface area (Å²) < 4.78 is 0. The average Bonchev–Trinajstić information content (AvgIpc) is 2.54. The van der Waals surface area contributed by atoms with Gasteiger partial charge in [-0.05, 0) is 31.2 Å². The van der Waals surface area contributed by atoms with Crippen LogP contribution in [0.25, 0.3) is 0 Å². The molecular formula is C16H24ClN3O2. The van der Waals surface area contributed by atoms with E-state index in [-0.39, 0.29) is 30.8 Å². The van der Waals surface area contributed by atoms with E-state index in [1.807, 2.05) is 35.2 Å². The Balaban J connectivity index is 0.00000242. The minimum Gasteiger partial charge on any atom is -0.346 e. The summed E-state index contributed by atoms with van der Waals surface area (Å²) in [7, 11) is 0. The van der Waals surface area contributed by atoms with E-state index in [0.29, 0.717) is 6.42 Å². The van der Waals surface area contributed by atoms with Gasteiger partial charge < -0.3 is 16.0 Å². The summed E-state index contributed by atoms with van der Waals surface area (Å²) in [6.45, 7) is 1.64. The summed E-state index contributed by atoms with van der Waals surface area (Å²) >= 11 is 0. The quantitative estimate of drug-likeness (QED) is 0.851. The van der Waals surface area contributed by atoms with Crippen LogP contribution in [0.1, 0.15) is 24.8 Å². The number of amides is 2. The number of halogens is 1. The van der Waals surface area contributed by atoms with Crippen molar-refractivity contribution in [2.45, 2.75) is 31.7 Å². The summed E-state index contributed by atoms with van der Waals surface area (Å²) in [4.78, 5) is 25.7. The van der Waals surface area contributed by atoms with E-state index in [4.69, 9.17) is 5.73 Å². The summed E-state index contributed by atoms with van der Waals surface area (Å²) in [6, 6.07) is 9.01. The van der Waals surface area contributed by atoms with Gasteiger partial charge in [-0.25, -0.2) is 0 Å². The number of carbonyl (C=O) groups is 2. The van der Waals surface area contributed by atoms with E-state index in [0.717, 1.165) is 31.5 Å². The molecule has 1 aromatic rings. The van der Waals surface area contributed by atoms with Gasteiger partial charge in [0.1, 0.15) is 0 Å². The van der Waals surface area contributed by atoms with Gasteiger partial charge in [-0.2, -0.15) is 0 Å². The number of hydrogen-bond donors (Lipinski definition) is 2. The van der Waals surface area contributed by atoms with E-state index in [1.165, 1.54) is 6.42 Å². The minimum atomic E-state index is -0.624. The van der Waals surface area contributed by atoms with Gasteiger partial charge >= 0.3 is 0 Å². The van der Waals surface area contributed by atoms with Gasteiger partial charge in [0.15, 0.2) is 0 Å². The Labute approximate surface area is 137 Å². The van der Waals surface area contributed by atoms with Crippen LogP contribution >= 0.6 is 12.4 Å². The molecule has 1 atom stereocenters. The highest BCUT2D eigenvalue weighted by atomic mass is 35.5. The van der Waals surface area contributed by atoms with Crippen LogP contribution in [-0.4, -0.2) is 42.4 Å². The number of carbonyl (C=O) groups excluding carboxylic acids is 2. The van der Waals surface area contributed by atoms with E-state index in [1.54, 1.807) is 0 Å². The van der Waals surface area contributed by atoms with Crippen LogP contribution in [0.5, 0.6) is 0 Å². The molecule has 122 valence electrons. The minimum absolute atomic E-state index is 0. The number of nitrogens with two attached hydrogens (primary N) is 1. The molecule has 1 saturated heterocycles. The molecule has 22 heavy (non-hydrogen) atoms. The molecule has 0 radical (unpaired) electrons. The van der Waals surface area contributed by atoms with Crippen LogP contribution in [0.2, 0.25) is 0 Å². The highest BCUT2D eigenvalue weighted by Crippen LogP contribution is 2.08. The van der Waals surface area contributed by atoms with Crippen LogP contribution in [0.3, 0.4) is 0 Å². The third kappa shape index (κ3) is 5.66. The lowest BCUT2D eigenvalue weighted by Gasteiger charge is -2.27. The molecule has 0 aliphatic carbocycles. The molecule has 1 unspecified atom stereocenters. The smallest absolute Gasteiger partial charge is 0.241 e. The van der Waals surface area contributed by atoms with Crippen molar-refractivity contribution in [3.8, 4) is 0 Å². The largest absolute Gasteiger partial charge is 0.346 e. The zero-order valence-corrected chi connectivity index (χ0v) is 13.5. The normalized spacial score (nSPS) is 15.6. The average molecular weight is 326 g/mol. The van der Waals surface area contributed by atoms with Gasteiger partial charge in [-0.1, -0.05) is 30.3 Å². The second-order valence-electron chi connectivity index (χ2n) is 5.46. The SMILES string of the molecule is Cl.NC(Cc1ccccc1)C(=O)NCC(=O)N1CCCCC1. The van der Waals surface area contributed by atoms with Crippen molar-refractivity contribution in [2.24, 2.45) is 5.73 Å². The van der Waals surface area contributed by atoms with Crippen molar-refractivity contribution in [2.75, 3.05) is 19.6 Å². The molecule has 1 heterocycles. The van der Waals surface area contributed by atoms with Crippen molar-refractivity contribution >= 4 is 24.2 Å². The van der Waals surface area contributed by atoms with Crippen LogP contribution in [-0.2, 0) is 16.0 Å². The number of nitrogens with zero attached hydrogens (tertiary/aromatic N) is 1. The van der Waals surface area contributed by atoms with Crippen molar-refractivity contribution in [3.05, 3.63) is 35.9 Å². The molecule has 0 saturated carbocycles. The lowest BCUT2D eigenvalue weighted by atomic mass is 10.1. The first-order valence-corrected chi connectivity index (χ1v) is 7.52. The van der Waals surface area contributed by atoms with E-state index < -0.39 is 6.04 Å². The fourth-order valence-electron chi connectivity index (χ4n) is 2.51. The van der Waals surface area contributed by atoms with Crippen molar-refractivity contribution < 1.29 is 9.59 Å². The third-order valence-electron chi connectivity index (χ3n) is 3.76. The molecule has 1 aromatic carbocycles. The molecule has 2 rings (SSSR count). The maximum Gasteiger partial charge on any atom is 0.241 e. The predicted octanol–water partition coefficient (Wildman–Crippen LogP) is 1.11. The topological polar surface area (TPSA) is 75.4 Å². The van der Waals surface area contributed by atoms with E-state index in [9.17, 15) is 9.59 Å². The molecular weight excluding hydrogens is 302 g/mol. The van der Waals surface area contributed by atoms with Gasteiger partial charge in [-0.15, -0.1) is 12.4 Å². The van der Waals surface area contributed by atoms with E-state index >= 15 is 0 Å². The maximum absolute atomic E-state index is 12.0. The Bertz CT molecular complexity index is 476. The van der Waals surface area contributed by atoms with Gasteiger partial charge in [0.2, 0.25) is 11.8 Å². The first-order chi connectivity index (χ1) is 10.2. The van der Waals surface area contributed by atoms with Gasteiger partial charge in [-0.3, -0.25) is 9.59 Å². The standard InChI is InChI=1S/C16H23N3O2.ClH/c17-14(11-13-7-3-1-4-8-13)16(21)18-12-15(20)19-9-5-2-6-10-19;/h1,3-4,7-8,14H,2,5-6,9-12,17H2,(H,18,21);1H. The number of benzene rings is 1. The second kappa shape index (κ2) is 9.43. The molecule has 6 heteroatoms. The van der Waals surface area contributed by atoms with Crippen LogP contribution < -0.4 is 11.1 Å². The van der Waals surface area contributed by atoms with E-state index in [2.05, 4.69) is 5.32 Å². The molecule has 2 amide bonds. The summed E-state index contributed by atoms with van der Waals surface area (Å²) in [5.74, 6) is -0.292. The van der Waals surface area contributed by atoms with Crippen molar-refractivity contribution in [1.82, 2.24) is 10.2 Å².